The van der Waals surface area contributed by atoms with Gasteiger partial charge in [-0.15, -0.1) is 0 Å². The molecule has 2 N–H and O–H groups in total. The molecule has 2 aromatic carbocycles. The van der Waals surface area contributed by atoms with E-state index in [1.165, 1.54) is 31.4 Å². The molecule has 24 heavy (non-hydrogen) atoms. The second kappa shape index (κ2) is 8.21. The summed E-state index contributed by atoms with van der Waals surface area (Å²) in [6, 6.07) is 13.1. The van der Waals surface area contributed by atoms with Crippen LogP contribution in [0.4, 0.5) is 4.39 Å². The van der Waals surface area contributed by atoms with Crippen LogP contribution in [0.1, 0.15) is 17.2 Å². The SMILES string of the molecule is CO[C@H](C(=O)N[C@H](Cc1ccc(F)cc1)C(=O)O)c1ccccc1. The van der Waals surface area contributed by atoms with E-state index in [1.807, 2.05) is 6.07 Å². The smallest absolute Gasteiger partial charge is 0.326 e. The van der Waals surface area contributed by atoms with Gasteiger partial charge in [0.2, 0.25) is 0 Å². The topological polar surface area (TPSA) is 75.6 Å². The summed E-state index contributed by atoms with van der Waals surface area (Å²) >= 11 is 0. The molecule has 0 spiro atoms. The molecule has 0 unspecified atom stereocenters. The van der Waals surface area contributed by atoms with Gasteiger partial charge in [0.05, 0.1) is 0 Å². The molecule has 2 aromatic rings. The first kappa shape index (κ1) is 17.6. The molecule has 1 amide bonds. The van der Waals surface area contributed by atoms with Gasteiger partial charge in [0.1, 0.15) is 11.9 Å². The zero-order valence-electron chi connectivity index (χ0n) is 13.1. The lowest BCUT2D eigenvalue weighted by Crippen LogP contribution is -2.44. The van der Waals surface area contributed by atoms with Crippen molar-refractivity contribution in [2.75, 3.05) is 7.11 Å². The summed E-state index contributed by atoms with van der Waals surface area (Å²) in [4.78, 5) is 23.8. The molecule has 0 aliphatic rings. The van der Waals surface area contributed by atoms with Crippen molar-refractivity contribution in [1.82, 2.24) is 5.32 Å². The Morgan fingerprint density at radius 3 is 2.29 bits per heavy atom. The molecule has 5 nitrogen and oxygen atoms in total. The van der Waals surface area contributed by atoms with Crippen molar-refractivity contribution in [1.29, 1.82) is 0 Å². The van der Waals surface area contributed by atoms with E-state index in [1.54, 1.807) is 24.3 Å². The number of rotatable bonds is 7. The Hall–Kier alpha value is -2.73. The Bertz CT molecular complexity index is 688. The van der Waals surface area contributed by atoms with Gasteiger partial charge in [0.15, 0.2) is 6.10 Å². The van der Waals surface area contributed by atoms with Crippen LogP contribution in [0.25, 0.3) is 0 Å². The number of nitrogens with one attached hydrogen (secondary N) is 1. The van der Waals surface area contributed by atoms with Crippen LogP contribution in [-0.4, -0.2) is 30.1 Å². The molecule has 126 valence electrons. The van der Waals surface area contributed by atoms with Crippen molar-refractivity contribution in [3.63, 3.8) is 0 Å². The van der Waals surface area contributed by atoms with E-state index in [0.29, 0.717) is 11.1 Å². The van der Waals surface area contributed by atoms with Gasteiger partial charge in [0, 0.05) is 13.5 Å². The molecule has 0 saturated carbocycles. The molecular weight excluding hydrogens is 313 g/mol. The van der Waals surface area contributed by atoms with Crippen LogP contribution in [-0.2, 0) is 20.7 Å². The van der Waals surface area contributed by atoms with Crippen molar-refractivity contribution >= 4 is 11.9 Å². The molecule has 2 rings (SSSR count). The Kier molecular flexibility index (Phi) is 6.03. The predicted octanol–water partition coefficient (Wildman–Crippen LogP) is 2.33. The lowest BCUT2D eigenvalue weighted by molar-refractivity contribution is -0.144. The first-order valence-corrected chi connectivity index (χ1v) is 7.36. The summed E-state index contributed by atoms with van der Waals surface area (Å²) in [7, 11) is 1.38. The minimum Gasteiger partial charge on any atom is -0.480 e. The number of amides is 1. The summed E-state index contributed by atoms with van der Waals surface area (Å²) in [5, 5.41) is 11.8. The summed E-state index contributed by atoms with van der Waals surface area (Å²) in [6.45, 7) is 0. The van der Waals surface area contributed by atoms with Crippen molar-refractivity contribution in [2.24, 2.45) is 0 Å². The number of carbonyl (C=O) groups is 2. The maximum Gasteiger partial charge on any atom is 0.326 e. The van der Waals surface area contributed by atoms with Crippen molar-refractivity contribution in [2.45, 2.75) is 18.6 Å². The minimum atomic E-state index is -1.17. The maximum atomic E-state index is 12.9. The van der Waals surface area contributed by atoms with Crippen molar-refractivity contribution in [3.8, 4) is 0 Å². The summed E-state index contributed by atoms with van der Waals surface area (Å²) in [5.74, 6) is -2.12. The highest BCUT2D eigenvalue weighted by molar-refractivity contribution is 5.87. The first-order valence-electron chi connectivity index (χ1n) is 7.36. The fourth-order valence-electron chi connectivity index (χ4n) is 2.33. The number of hydrogen-bond donors (Lipinski definition) is 2. The lowest BCUT2D eigenvalue weighted by Gasteiger charge is -2.20. The Morgan fingerprint density at radius 2 is 1.75 bits per heavy atom. The number of benzene rings is 2. The van der Waals surface area contributed by atoms with Crippen LogP contribution in [0, 0.1) is 5.82 Å². The second-order valence-electron chi connectivity index (χ2n) is 5.26. The van der Waals surface area contributed by atoms with Crippen LogP contribution in [0.3, 0.4) is 0 Å². The van der Waals surface area contributed by atoms with Gasteiger partial charge in [-0.1, -0.05) is 42.5 Å². The molecule has 6 heteroatoms. The first-order chi connectivity index (χ1) is 11.5. The highest BCUT2D eigenvalue weighted by Crippen LogP contribution is 2.17. The third-order valence-corrected chi connectivity index (χ3v) is 3.54. The number of carboxylic acids is 1. The normalized spacial score (nSPS) is 13.1. The maximum absolute atomic E-state index is 12.9. The highest BCUT2D eigenvalue weighted by atomic mass is 19.1. The third-order valence-electron chi connectivity index (χ3n) is 3.54. The zero-order chi connectivity index (χ0) is 17.5. The van der Waals surface area contributed by atoms with E-state index in [4.69, 9.17) is 4.74 Å². The van der Waals surface area contributed by atoms with Gasteiger partial charge in [0.25, 0.3) is 5.91 Å². The Morgan fingerprint density at radius 1 is 1.12 bits per heavy atom. The fourth-order valence-corrected chi connectivity index (χ4v) is 2.33. The minimum absolute atomic E-state index is 0.0482. The van der Waals surface area contributed by atoms with Gasteiger partial charge in [-0.2, -0.15) is 0 Å². The average Bonchev–Trinajstić information content (AvgIpc) is 2.57. The molecule has 0 heterocycles. The standard InChI is InChI=1S/C18H18FNO4/c1-24-16(13-5-3-2-4-6-13)17(21)20-15(18(22)23)11-12-7-9-14(19)10-8-12/h2-10,15-16H,11H2,1H3,(H,20,21)(H,22,23)/t15-,16+/m1/s1. The predicted molar refractivity (Wildman–Crippen MR) is 85.9 cm³/mol. The van der Waals surface area contributed by atoms with Gasteiger partial charge in [-0.25, -0.2) is 9.18 Å². The fraction of sp³-hybridized carbons (Fsp3) is 0.222. The quantitative estimate of drug-likeness (QED) is 0.816. The number of carboxylic acid groups (broad SMARTS) is 1. The molecular formula is C18H18FNO4. The van der Waals surface area contributed by atoms with E-state index in [0.717, 1.165) is 0 Å². The zero-order valence-corrected chi connectivity index (χ0v) is 13.1. The molecule has 2 atom stereocenters. The lowest BCUT2D eigenvalue weighted by atomic mass is 10.0. The van der Waals surface area contributed by atoms with E-state index in [-0.39, 0.29) is 6.42 Å². The van der Waals surface area contributed by atoms with E-state index in [9.17, 15) is 19.1 Å². The monoisotopic (exact) mass is 331 g/mol. The van der Waals surface area contributed by atoms with Crippen LogP contribution in [0.5, 0.6) is 0 Å². The number of halogens is 1. The van der Waals surface area contributed by atoms with Crippen LogP contribution < -0.4 is 5.32 Å². The van der Waals surface area contributed by atoms with Gasteiger partial charge < -0.3 is 15.2 Å². The molecule has 0 aliphatic carbocycles. The van der Waals surface area contributed by atoms with E-state index < -0.39 is 29.8 Å². The molecule has 0 aromatic heterocycles. The van der Waals surface area contributed by atoms with Crippen LogP contribution in [0.15, 0.2) is 54.6 Å². The summed E-state index contributed by atoms with van der Waals surface area (Å²) in [6.07, 6.45) is -0.853. The molecule has 0 aliphatic heterocycles. The second-order valence-corrected chi connectivity index (χ2v) is 5.26. The number of hydrogen-bond acceptors (Lipinski definition) is 3. The van der Waals surface area contributed by atoms with Gasteiger partial charge in [-0.05, 0) is 23.3 Å². The van der Waals surface area contributed by atoms with Crippen LogP contribution in [0.2, 0.25) is 0 Å². The number of methoxy groups -OCH3 is 1. The highest BCUT2D eigenvalue weighted by Gasteiger charge is 2.26. The van der Waals surface area contributed by atoms with Gasteiger partial charge >= 0.3 is 5.97 Å². The summed E-state index contributed by atoms with van der Waals surface area (Å²) < 4.78 is 18.1. The molecule has 0 fully saturated rings. The van der Waals surface area contributed by atoms with E-state index >= 15 is 0 Å². The number of carbonyl (C=O) groups excluding carboxylic acids is 1. The summed E-state index contributed by atoms with van der Waals surface area (Å²) in [5.41, 5.74) is 1.24. The van der Waals surface area contributed by atoms with Crippen molar-refractivity contribution < 1.29 is 23.8 Å². The van der Waals surface area contributed by atoms with Gasteiger partial charge in [-0.3, -0.25) is 4.79 Å². The Labute approximate surface area is 139 Å². The number of aliphatic carboxylic acids is 1. The van der Waals surface area contributed by atoms with Crippen molar-refractivity contribution in [3.05, 3.63) is 71.5 Å². The number of ether oxygens (including phenoxy) is 1. The molecule has 0 saturated heterocycles. The third kappa shape index (κ3) is 4.63. The largest absolute Gasteiger partial charge is 0.480 e. The molecule has 0 radical (unpaired) electrons. The Balaban J connectivity index is 2.10. The molecule has 0 bridgehead atoms. The van der Waals surface area contributed by atoms with E-state index in [2.05, 4.69) is 5.32 Å². The van der Waals surface area contributed by atoms with Crippen LogP contribution >= 0.6 is 0 Å². The average molecular weight is 331 g/mol.